The molecule has 1 aromatic heterocycles. The number of aliphatic hydroxyl groups is 1. The van der Waals surface area contributed by atoms with Gasteiger partial charge < -0.3 is 19.9 Å². The van der Waals surface area contributed by atoms with E-state index in [2.05, 4.69) is 27.9 Å². The van der Waals surface area contributed by atoms with Gasteiger partial charge in [-0.3, -0.25) is 4.79 Å². The standard InChI is InChI=1S/C21H32ClN5O2/c1-2-3-6-19-25-21(22)18(14-28)27(19)13-15-7-8-16(10-15)24-12-20(29)26-9-4-5-17(26)11-23/h15-17,24,28H,2-10,12-14H2,1H3/t15-,16+,17-/m0/s1. The molecular weight excluding hydrogens is 390 g/mol. The molecule has 1 amide bonds. The number of nitrogens with zero attached hydrogens (tertiary/aromatic N) is 4. The van der Waals surface area contributed by atoms with Crippen LogP contribution in [0.3, 0.4) is 0 Å². The van der Waals surface area contributed by atoms with E-state index in [9.17, 15) is 9.90 Å². The lowest BCUT2D eigenvalue weighted by Crippen LogP contribution is -2.42. The van der Waals surface area contributed by atoms with Crippen LogP contribution in [0.1, 0.15) is 63.4 Å². The predicted octanol–water partition coefficient (Wildman–Crippen LogP) is 2.64. The highest BCUT2D eigenvalue weighted by Crippen LogP contribution is 2.30. The second kappa shape index (κ2) is 10.4. The number of carbonyl (C=O) groups excluding carboxylic acids is 1. The molecule has 1 saturated carbocycles. The molecule has 7 nitrogen and oxygen atoms in total. The number of aromatic nitrogens is 2. The Bertz CT molecular complexity index is 744. The van der Waals surface area contributed by atoms with Crippen LogP contribution in [0.15, 0.2) is 0 Å². The van der Waals surface area contributed by atoms with Crippen molar-refractivity contribution in [2.24, 2.45) is 5.92 Å². The zero-order valence-electron chi connectivity index (χ0n) is 17.2. The van der Waals surface area contributed by atoms with Gasteiger partial charge in [0, 0.05) is 25.6 Å². The number of aryl methyl sites for hydroxylation is 1. The first-order valence-corrected chi connectivity index (χ1v) is 11.2. The molecule has 3 rings (SSSR count). The number of hydrogen-bond donors (Lipinski definition) is 2. The van der Waals surface area contributed by atoms with E-state index in [-0.39, 0.29) is 18.6 Å². The van der Waals surface area contributed by atoms with E-state index in [1.54, 1.807) is 4.90 Å². The average molecular weight is 422 g/mol. The quantitative estimate of drug-likeness (QED) is 0.639. The summed E-state index contributed by atoms with van der Waals surface area (Å²) in [5.74, 6) is 1.46. The van der Waals surface area contributed by atoms with Crippen molar-refractivity contribution in [1.29, 1.82) is 5.26 Å². The first-order valence-electron chi connectivity index (χ1n) is 10.8. The maximum atomic E-state index is 12.4. The van der Waals surface area contributed by atoms with Crippen molar-refractivity contribution in [2.45, 2.75) is 83.5 Å². The molecule has 1 aliphatic heterocycles. The zero-order chi connectivity index (χ0) is 20.8. The van der Waals surface area contributed by atoms with Crippen LogP contribution in [-0.2, 0) is 24.4 Å². The number of unbranched alkanes of at least 4 members (excludes halogenated alkanes) is 1. The van der Waals surface area contributed by atoms with Crippen LogP contribution in [-0.4, -0.2) is 50.6 Å². The molecule has 0 unspecified atom stereocenters. The number of likely N-dealkylation sites (tertiary alicyclic amines) is 1. The van der Waals surface area contributed by atoms with Crippen molar-refractivity contribution in [1.82, 2.24) is 19.8 Å². The Hall–Kier alpha value is -1.62. The second-order valence-corrected chi connectivity index (χ2v) is 8.63. The van der Waals surface area contributed by atoms with Gasteiger partial charge in [0.05, 0.1) is 24.9 Å². The minimum absolute atomic E-state index is 0.0308. The Balaban J connectivity index is 1.52. The lowest BCUT2D eigenvalue weighted by Gasteiger charge is -2.21. The summed E-state index contributed by atoms with van der Waals surface area (Å²) in [5, 5.41) is 22.7. The SMILES string of the molecule is CCCCc1nc(Cl)c(CO)n1C[C@H]1CC[C@@H](NCC(=O)N2CCC[C@H]2C#N)C1. The largest absolute Gasteiger partial charge is 0.390 e. The van der Waals surface area contributed by atoms with Gasteiger partial charge in [-0.25, -0.2) is 4.98 Å². The maximum Gasteiger partial charge on any atom is 0.237 e. The highest BCUT2D eigenvalue weighted by molar-refractivity contribution is 6.30. The van der Waals surface area contributed by atoms with Crippen LogP contribution < -0.4 is 5.32 Å². The number of nitrogens with one attached hydrogen (secondary N) is 1. The van der Waals surface area contributed by atoms with Crippen molar-refractivity contribution in [3.63, 3.8) is 0 Å². The third-order valence-corrected chi connectivity index (χ3v) is 6.56. The van der Waals surface area contributed by atoms with Gasteiger partial charge in [0.15, 0.2) is 5.15 Å². The van der Waals surface area contributed by atoms with Gasteiger partial charge in [0.1, 0.15) is 11.9 Å². The third kappa shape index (κ3) is 5.30. The predicted molar refractivity (Wildman–Crippen MR) is 111 cm³/mol. The van der Waals surface area contributed by atoms with Crippen LogP contribution in [0.25, 0.3) is 0 Å². The fourth-order valence-corrected chi connectivity index (χ4v) is 4.87. The Morgan fingerprint density at radius 1 is 1.41 bits per heavy atom. The van der Waals surface area contributed by atoms with E-state index in [4.69, 9.17) is 16.9 Å². The molecular formula is C21H32ClN5O2. The molecule has 1 saturated heterocycles. The minimum Gasteiger partial charge on any atom is -0.390 e. The Labute approximate surface area is 178 Å². The fraction of sp³-hybridized carbons (Fsp3) is 0.762. The van der Waals surface area contributed by atoms with Crippen LogP contribution in [0.5, 0.6) is 0 Å². The van der Waals surface area contributed by atoms with E-state index >= 15 is 0 Å². The summed E-state index contributed by atoms with van der Waals surface area (Å²) in [6.07, 6.45) is 7.80. The molecule has 29 heavy (non-hydrogen) atoms. The smallest absolute Gasteiger partial charge is 0.237 e. The van der Waals surface area contributed by atoms with Crippen LogP contribution in [0, 0.1) is 17.2 Å². The van der Waals surface area contributed by atoms with Gasteiger partial charge in [0.25, 0.3) is 0 Å². The van der Waals surface area contributed by atoms with E-state index in [1.165, 1.54) is 0 Å². The Kier molecular flexibility index (Phi) is 7.93. The lowest BCUT2D eigenvalue weighted by molar-refractivity contribution is -0.130. The monoisotopic (exact) mass is 421 g/mol. The van der Waals surface area contributed by atoms with E-state index in [1.807, 2.05) is 0 Å². The van der Waals surface area contributed by atoms with Crippen molar-refractivity contribution in [3.05, 3.63) is 16.7 Å². The van der Waals surface area contributed by atoms with Gasteiger partial charge in [-0.15, -0.1) is 0 Å². The van der Waals surface area contributed by atoms with Crippen molar-refractivity contribution >= 4 is 17.5 Å². The number of hydrogen-bond acceptors (Lipinski definition) is 5. The number of halogens is 1. The van der Waals surface area contributed by atoms with Gasteiger partial charge in [0.2, 0.25) is 5.91 Å². The van der Waals surface area contributed by atoms with Crippen molar-refractivity contribution in [3.8, 4) is 6.07 Å². The first kappa shape index (κ1) is 22.1. The number of aliphatic hydroxyl groups excluding tert-OH is 1. The molecule has 2 fully saturated rings. The van der Waals surface area contributed by atoms with Crippen LogP contribution in [0.4, 0.5) is 0 Å². The summed E-state index contributed by atoms with van der Waals surface area (Å²) >= 11 is 6.24. The molecule has 2 aliphatic rings. The lowest BCUT2D eigenvalue weighted by atomic mass is 10.1. The second-order valence-electron chi connectivity index (χ2n) is 8.27. The summed E-state index contributed by atoms with van der Waals surface area (Å²) < 4.78 is 2.11. The highest BCUT2D eigenvalue weighted by atomic mass is 35.5. The summed E-state index contributed by atoms with van der Waals surface area (Å²) in [4.78, 5) is 18.6. The van der Waals surface area contributed by atoms with Gasteiger partial charge in [-0.1, -0.05) is 24.9 Å². The number of imidazole rings is 1. The van der Waals surface area contributed by atoms with Crippen LogP contribution in [0.2, 0.25) is 5.15 Å². The molecule has 8 heteroatoms. The van der Waals surface area contributed by atoms with E-state index < -0.39 is 0 Å². The first-order chi connectivity index (χ1) is 14.1. The summed E-state index contributed by atoms with van der Waals surface area (Å²) in [6, 6.07) is 2.28. The van der Waals surface area contributed by atoms with E-state index in [0.29, 0.717) is 35.9 Å². The molecule has 0 spiro atoms. The summed E-state index contributed by atoms with van der Waals surface area (Å²) in [7, 11) is 0. The molecule has 2 N–H and O–H groups in total. The van der Waals surface area contributed by atoms with Crippen molar-refractivity contribution < 1.29 is 9.90 Å². The number of amides is 1. The zero-order valence-corrected chi connectivity index (χ0v) is 18.0. The average Bonchev–Trinajstić information content (AvgIpc) is 3.43. The molecule has 1 aliphatic carbocycles. The van der Waals surface area contributed by atoms with E-state index in [0.717, 1.165) is 63.7 Å². The number of rotatable bonds is 9. The highest BCUT2D eigenvalue weighted by Gasteiger charge is 2.30. The fourth-order valence-electron chi connectivity index (χ4n) is 4.61. The molecule has 0 radical (unpaired) electrons. The Morgan fingerprint density at radius 3 is 2.97 bits per heavy atom. The van der Waals surface area contributed by atoms with Gasteiger partial charge in [-0.2, -0.15) is 5.26 Å². The molecule has 3 atom stereocenters. The summed E-state index contributed by atoms with van der Waals surface area (Å²) in [5.41, 5.74) is 0.709. The topological polar surface area (TPSA) is 94.2 Å². The summed E-state index contributed by atoms with van der Waals surface area (Å²) in [6.45, 7) is 3.85. The number of nitriles is 1. The third-order valence-electron chi connectivity index (χ3n) is 6.25. The number of carbonyl (C=O) groups is 1. The normalized spacial score (nSPS) is 24.2. The van der Waals surface area contributed by atoms with Gasteiger partial charge >= 0.3 is 0 Å². The molecule has 160 valence electrons. The maximum absolute atomic E-state index is 12.4. The molecule has 2 heterocycles. The Morgan fingerprint density at radius 2 is 2.24 bits per heavy atom. The van der Waals surface area contributed by atoms with Crippen LogP contribution >= 0.6 is 11.6 Å². The minimum atomic E-state index is -0.259. The van der Waals surface area contributed by atoms with Crippen molar-refractivity contribution in [2.75, 3.05) is 13.1 Å². The molecule has 0 bridgehead atoms. The van der Waals surface area contributed by atoms with Gasteiger partial charge in [-0.05, 0) is 44.4 Å². The molecule has 0 aromatic carbocycles. The molecule has 1 aromatic rings.